The molecule has 0 spiro atoms. The molecule has 0 bridgehead atoms. The number of hydrogen-bond donors (Lipinski definition) is 0. The third kappa shape index (κ3) is 10.7. The van der Waals surface area contributed by atoms with E-state index in [1.807, 2.05) is 0 Å². The monoisotopic (exact) mass is 279 g/mol. The Hall–Kier alpha value is 0.683. The number of rotatable bonds is 0. The van der Waals surface area contributed by atoms with Gasteiger partial charge < -0.3 is 6.08 Å². The fraction of sp³-hybridized carbons (Fsp3) is 0.500. The van der Waals surface area contributed by atoms with Crippen molar-refractivity contribution in [1.29, 1.82) is 0 Å². The van der Waals surface area contributed by atoms with Crippen LogP contribution in [0.25, 0.3) is 0 Å². The van der Waals surface area contributed by atoms with Crippen LogP contribution in [0.1, 0.15) is 25.7 Å². The van der Waals surface area contributed by atoms with Gasteiger partial charge in [0.1, 0.15) is 0 Å². The second-order valence-electron chi connectivity index (χ2n) is 2.05. The average Bonchev–Trinajstić information content (AvgIpc) is 1.86. The van der Waals surface area contributed by atoms with Crippen LogP contribution in [-0.4, -0.2) is 0 Å². The van der Waals surface area contributed by atoms with Gasteiger partial charge >= 0.3 is 34.5 Å². The quantitative estimate of drug-likeness (QED) is 0.359. The Bertz CT molecular complexity index is 95.3. The summed E-state index contributed by atoms with van der Waals surface area (Å²) in [6, 6.07) is 0. The molecule has 0 aromatic rings. The molecule has 0 heterocycles. The van der Waals surface area contributed by atoms with Crippen molar-refractivity contribution in [1.82, 2.24) is 0 Å². The Kier molecular flexibility index (Phi) is 11.3. The van der Waals surface area contributed by atoms with Gasteiger partial charge in [-0.25, -0.2) is 0 Å². The normalized spacial score (nSPS) is 16.5. The number of hydrogen-bond acceptors (Lipinski definition) is 0. The van der Waals surface area contributed by atoms with Gasteiger partial charge in [0.15, 0.2) is 0 Å². The van der Waals surface area contributed by atoms with Gasteiger partial charge in [-0.15, -0.1) is 0 Å². The van der Waals surface area contributed by atoms with Crippen molar-refractivity contribution in [3.05, 3.63) is 24.3 Å². The van der Waals surface area contributed by atoms with Crippen molar-refractivity contribution >= 4 is 19.4 Å². The van der Waals surface area contributed by atoms with Gasteiger partial charge in [-0.2, -0.15) is 6.42 Å². The van der Waals surface area contributed by atoms with Gasteiger partial charge in [0.25, 0.3) is 0 Å². The first-order valence-electron chi connectivity index (χ1n) is 3.47. The fourth-order valence-electron chi connectivity index (χ4n) is 0.786. The average molecular weight is 279 g/mol. The Balaban J connectivity index is 0.000000292. The van der Waals surface area contributed by atoms with Crippen LogP contribution < -0.4 is 0 Å². The van der Waals surface area contributed by atoms with Crippen LogP contribution in [0.3, 0.4) is 0 Å². The van der Waals surface area contributed by atoms with E-state index in [1.54, 1.807) is 0 Å². The first-order valence-corrected chi connectivity index (χ1v) is 7.94. The molecule has 0 fully saturated rings. The van der Waals surface area contributed by atoms with Crippen molar-refractivity contribution < 1.29 is 15.1 Å². The molecule has 0 radical (unpaired) electrons. The van der Waals surface area contributed by atoms with E-state index in [-0.39, 0.29) is 15.1 Å². The number of allylic oxidation sites excluding steroid dienone is 4. The molecule has 0 atom stereocenters. The van der Waals surface area contributed by atoms with Crippen molar-refractivity contribution in [3.63, 3.8) is 0 Å². The van der Waals surface area contributed by atoms with Crippen LogP contribution in [0.5, 0.6) is 0 Å². The summed E-state index contributed by atoms with van der Waals surface area (Å²) < 4.78 is 0. The van der Waals surface area contributed by atoms with Gasteiger partial charge in [-0.1, -0.05) is 25.0 Å². The van der Waals surface area contributed by atoms with Crippen LogP contribution in [0.2, 0.25) is 0 Å². The summed E-state index contributed by atoms with van der Waals surface area (Å²) in [6.07, 6.45) is 14.5. The van der Waals surface area contributed by atoms with Crippen molar-refractivity contribution in [2.45, 2.75) is 25.7 Å². The van der Waals surface area contributed by atoms with E-state index >= 15 is 0 Å². The van der Waals surface area contributed by atoms with Crippen molar-refractivity contribution in [2.24, 2.45) is 0 Å². The summed E-state index contributed by atoms with van der Waals surface area (Å²) in [4.78, 5) is 0. The predicted octanol–water partition coefficient (Wildman–Crippen LogP) is 3.85. The standard InChI is InChI=1S/C8H11.2ClH.Ru/c1-2-4-6-8-7-5-3-1;;;/h1-2,7H,3-6H2;2*1H;/q-1;;;+2/p-2. The summed E-state index contributed by atoms with van der Waals surface area (Å²) in [6.45, 7) is 0. The Labute approximate surface area is 84.3 Å². The molecule has 0 saturated carbocycles. The van der Waals surface area contributed by atoms with Gasteiger partial charge in [-0.05, 0) is 6.42 Å². The zero-order valence-electron chi connectivity index (χ0n) is 6.17. The Morgan fingerprint density at radius 1 is 1.09 bits per heavy atom. The molecule has 0 unspecified atom stereocenters. The maximum atomic E-state index is 4.85. The zero-order valence-corrected chi connectivity index (χ0v) is 9.42. The molecule has 1 aliphatic carbocycles. The molecule has 0 saturated heterocycles. The van der Waals surface area contributed by atoms with Crippen LogP contribution in [0, 0.1) is 6.08 Å². The third-order valence-electron chi connectivity index (χ3n) is 1.24. The molecule has 0 aliphatic heterocycles. The summed E-state index contributed by atoms with van der Waals surface area (Å²) in [7, 11) is 9.71. The summed E-state index contributed by atoms with van der Waals surface area (Å²) in [5.74, 6) is 0. The number of halogens is 2. The van der Waals surface area contributed by atoms with Crippen LogP contribution in [-0.2, 0) is 15.1 Å². The minimum atomic E-state index is -0.346. The van der Waals surface area contributed by atoms with Crippen molar-refractivity contribution in [2.75, 3.05) is 0 Å². The van der Waals surface area contributed by atoms with E-state index in [0.717, 1.165) is 6.42 Å². The van der Waals surface area contributed by atoms with Crippen molar-refractivity contribution in [3.8, 4) is 0 Å². The predicted molar refractivity (Wildman–Crippen MR) is 47.1 cm³/mol. The fourth-order valence-corrected chi connectivity index (χ4v) is 0.786. The summed E-state index contributed by atoms with van der Waals surface area (Å²) in [5, 5.41) is 0. The maximum absolute atomic E-state index is 4.85. The van der Waals surface area contributed by atoms with Gasteiger partial charge in [-0.3, -0.25) is 6.08 Å². The third-order valence-corrected chi connectivity index (χ3v) is 1.24. The second kappa shape index (κ2) is 10.7. The van der Waals surface area contributed by atoms with E-state index in [9.17, 15) is 0 Å². The Morgan fingerprint density at radius 2 is 1.73 bits per heavy atom. The molecule has 0 amide bonds. The molecule has 66 valence electrons. The Morgan fingerprint density at radius 3 is 2.45 bits per heavy atom. The molecular weight excluding hydrogens is 268 g/mol. The molecular formula is C8H11Cl2Ru-. The summed E-state index contributed by atoms with van der Waals surface area (Å²) in [5.41, 5.74) is 0. The first kappa shape index (κ1) is 11.7. The molecule has 0 aromatic carbocycles. The zero-order chi connectivity index (χ0) is 8.36. The van der Waals surface area contributed by atoms with Crippen LogP contribution in [0.4, 0.5) is 0 Å². The topological polar surface area (TPSA) is 0 Å². The van der Waals surface area contributed by atoms with Gasteiger partial charge in [0.05, 0.1) is 0 Å². The molecule has 0 nitrogen and oxygen atoms in total. The van der Waals surface area contributed by atoms with Crippen LogP contribution >= 0.6 is 19.4 Å². The second-order valence-corrected chi connectivity index (χ2v) is 4.68. The minimum absolute atomic E-state index is 0.346. The first-order chi connectivity index (χ1) is 5.41. The summed E-state index contributed by atoms with van der Waals surface area (Å²) >= 11 is -0.346. The van der Waals surface area contributed by atoms with Gasteiger partial charge in [0.2, 0.25) is 0 Å². The SMILES string of the molecule is [C-]1=CCCC=CCC1.[Cl][Ru][Cl]. The molecule has 1 aliphatic rings. The van der Waals surface area contributed by atoms with E-state index < -0.39 is 0 Å². The molecule has 3 heteroatoms. The molecule has 11 heavy (non-hydrogen) atoms. The van der Waals surface area contributed by atoms with E-state index in [2.05, 4.69) is 24.3 Å². The molecule has 1 rings (SSSR count). The van der Waals surface area contributed by atoms with E-state index in [1.165, 1.54) is 19.3 Å². The molecule has 0 N–H and O–H groups in total. The van der Waals surface area contributed by atoms with E-state index in [4.69, 9.17) is 19.4 Å². The van der Waals surface area contributed by atoms with E-state index in [0.29, 0.717) is 0 Å². The van der Waals surface area contributed by atoms with Gasteiger partial charge in [0, 0.05) is 0 Å². The molecule has 0 aromatic heterocycles. The van der Waals surface area contributed by atoms with Crippen LogP contribution in [0.15, 0.2) is 18.2 Å².